The third kappa shape index (κ3) is 6.80. The second kappa shape index (κ2) is 10.8. The first kappa shape index (κ1) is 26.7. The van der Waals surface area contributed by atoms with Crippen molar-refractivity contribution in [1.29, 1.82) is 0 Å². The number of alkyl carbamates (subject to hydrolysis) is 1. The van der Waals surface area contributed by atoms with E-state index in [1.807, 2.05) is 13.8 Å². The minimum Gasteiger partial charge on any atom is -0.488 e. The molecule has 2 unspecified atom stereocenters. The molecule has 10 nitrogen and oxygen atoms in total. The summed E-state index contributed by atoms with van der Waals surface area (Å²) < 4.78 is 16.4. The predicted octanol–water partition coefficient (Wildman–Crippen LogP) is 4.58. The van der Waals surface area contributed by atoms with Crippen LogP contribution in [-0.2, 0) is 14.3 Å². The van der Waals surface area contributed by atoms with Crippen LogP contribution in [-0.4, -0.2) is 52.3 Å². The predicted molar refractivity (Wildman–Crippen MR) is 129 cm³/mol. The molecule has 10 heteroatoms. The monoisotopic (exact) mass is 499 g/mol. The number of hydrogen-bond donors (Lipinski definition) is 2. The number of ether oxygens (including phenoxy) is 3. The number of hydrogen-bond acceptors (Lipinski definition) is 7. The van der Waals surface area contributed by atoms with E-state index in [4.69, 9.17) is 19.4 Å². The van der Waals surface area contributed by atoms with E-state index in [-0.39, 0.29) is 28.7 Å². The molecule has 0 saturated heterocycles. The van der Waals surface area contributed by atoms with E-state index >= 15 is 0 Å². The van der Waals surface area contributed by atoms with Gasteiger partial charge in [0.05, 0.1) is 10.5 Å². The molecule has 0 aromatic heterocycles. The van der Waals surface area contributed by atoms with E-state index < -0.39 is 35.6 Å². The zero-order valence-electron chi connectivity index (χ0n) is 20.9. The van der Waals surface area contributed by atoms with Crippen molar-refractivity contribution in [2.24, 2.45) is 5.92 Å². The zero-order valence-corrected chi connectivity index (χ0v) is 20.9. The minimum absolute atomic E-state index is 0.0602. The molecule has 1 amide bonds. The standard InChI is InChI=1S/C26H30N2O8/c1-15(2)12-20(27-25(31)36-26(3,4)5)24(30)35-22-14-34-21-11-8-17(13-19(21)23(22)29)16-6-9-18(10-7-16)28(32)33/h6-11,13,15,20,22H,12,14H2,1-5H3,(H-,27,31,32,33)/p+1. The average molecular weight is 500 g/mol. The first-order chi connectivity index (χ1) is 16.8. The van der Waals surface area contributed by atoms with Crippen LogP contribution in [0.1, 0.15) is 51.4 Å². The Balaban J connectivity index is 1.75. The summed E-state index contributed by atoms with van der Waals surface area (Å²) >= 11 is 0. The van der Waals surface area contributed by atoms with Crippen LogP contribution < -0.4 is 10.1 Å². The Kier molecular flexibility index (Phi) is 7.96. The zero-order chi connectivity index (χ0) is 26.6. The summed E-state index contributed by atoms with van der Waals surface area (Å²) in [5, 5.41) is 11.5. The highest BCUT2D eigenvalue weighted by atomic mass is 16.6. The number of ketones is 1. The molecule has 0 fully saturated rings. The third-order valence-corrected chi connectivity index (χ3v) is 5.29. The van der Waals surface area contributed by atoms with Crippen molar-refractivity contribution in [1.82, 2.24) is 5.32 Å². The molecule has 0 bridgehead atoms. The van der Waals surface area contributed by atoms with Crippen LogP contribution in [0, 0.1) is 10.8 Å². The number of carbonyl (C=O) groups is 3. The van der Waals surface area contributed by atoms with Crippen LogP contribution in [0.2, 0.25) is 0 Å². The van der Waals surface area contributed by atoms with Gasteiger partial charge in [-0.15, -0.1) is 0 Å². The Morgan fingerprint density at radius 2 is 1.78 bits per heavy atom. The highest BCUT2D eigenvalue weighted by Gasteiger charge is 2.35. The Morgan fingerprint density at radius 1 is 1.14 bits per heavy atom. The topological polar surface area (TPSA) is 131 Å². The second-order valence-electron chi connectivity index (χ2n) is 9.96. The maximum absolute atomic E-state index is 13.2. The van der Waals surface area contributed by atoms with Crippen molar-refractivity contribution >= 4 is 23.5 Å². The van der Waals surface area contributed by atoms with Gasteiger partial charge in [-0.1, -0.05) is 19.9 Å². The molecular formula is C26H31N2O8+. The first-order valence-corrected chi connectivity index (χ1v) is 11.6. The van der Waals surface area contributed by atoms with Gasteiger partial charge in [-0.25, -0.2) is 14.8 Å². The second-order valence-corrected chi connectivity index (χ2v) is 9.96. The lowest BCUT2D eigenvalue weighted by molar-refractivity contribution is -0.729. The van der Waals surface area contributed by atoms with Gasteiger partial charge < -0.3 is 19.5 Å². The Hall–Kier alpha value is -3.95. The van der Waals surface area contributed by atoms with Crippen LogP contribution in [0.3, 0.4) is 0 Å². The fraction of sp³-hybridized carbons (Fsp3) is 0.423. The van der Waals surface area contributed by atoms with Crippen LogP contribution in [0.15, 0.2) is 42.5 Å². The molecule has 0 saturated carbocycles. The number of nitrogens with one attached hydrogen (secondary N) is 1. The quantitative estimate of drug-likeness (QED) is 0.418. The summed E-state index contributed by atoms with van der Waals surface area (Å²) in [5.41, 5.74) is 0.947. The van der Waals surface area contributed by atoms with Crippen molar-refractivity contribution < 1.29 is 38.7 Å². The number of carbonyl (C=O) groups excluding carboxylic acids is 3. The maximum Gasteiger partial charge on any atom is 0.408 e. The number of amides is 1. The molecule has 2 N–H and O–H groups in total. The molecule has 192 valence electrons. The molecular weight excluding hydrogens is 468 g/mol. The number of esters is 1. The molecule has 1 aliphatic rings. The summed E-state index contributed by atoms with van der Waals surface area (Å²) in [5.74, 6) is -0.757. The van der Waals surface area contributed by atoms with E-state index in [0.717, 1.165) is 0 Å². The van der Waals surface area contributed by atoms with E-state index in [0.29, 0.717) is 23.3 Å². The van der Waals surface area contributed by atoms with E-state index in [2.05, 4.69) is 5.32 Å². The number of nitrogens with zero attached hydrogens (tertiary/aromatic N) is 1. The summed E-state index contributed by atoms with van der Waals surface area (Å²) in [7, 11) is 0. The van der Waals surface area contributed by atoms with Crippen molar-refractivity contribution in [3.63, 3.8) is 0 Å². The van der Waals surface area contributed by atoms with Crippen LogP contribution in [0.25, 0.3) is 11.1 Å². The fourth-order valence-corrected chi connectivity index (χ4v) is 3.67. The molecule has 0 spiro atoms. The van der Waals surface area contributed by atoms with E-state index in [9.17, 15) is 19.3 Å². The van der Waals surface area contributed by atoms with Gasteiger partial charge in [0.2, 0.25) is 5.78 Å². The van der Waals surface area contributed by atoms with Crippen molar-refractivity contribution in [3.8, 4) is 16.9 Å². The first-order valence-electron chi connectivity index (χ1n) is 11.6. The lowest BCUT2D eigenvalue weighted by atomic mass is 9.96. The van der Waals surface area contributed by atoms with Gasteiger partial charge in [0.15, 0.2) is 6.10 Å². The summed E-state index contributed by atoms with van der Waals surface area (Å²) in [6, 6.07) is 10.2. The maximum atomic E-state index is 13.2. The normalized spacial score (nSPS) is 15.9. The van der Waals surface area contributed by atoms with Gasteiger partial charge in [0.1, 0.15) is 24.0 Å². The Bertz CT molecular complexity index is 1150. The van der Waals surface area contributed by atoms with Gasteiger partial charge in [-0.3, -0.25) is 4.79 Å². The van der Waals surface area contributed by atoms with Gasteiger partial charge in [0.25, 0.3) is 4.92 Å². The number of rotatable bonds is 7. The average Bonchev–Trinajstić information content (AvgIpc) is 2.79. The van der Waals surface area contributed by atoms with E-state index in [1.54, 1.807) is 51.1 Å². The summed E-state index contributed by atoms with van der Waals surface area (Å²) in [6.45, 7) is 8.78. The van der Waals surface area contributed by atoms with Crippen LogP contribution >= 0.6 is 0 Å². The van der Waals surface area contributed by atoms with Crippen molar-refractivity contribution in [3.05, 3.63) is 52.9 Å². The van der Waals surface area contributed by atoms with E-state index in [1.165, 1.54) is 12.1 Å². The summed E-state index contributed by atoms with van der Waals surface area (Å²) in [4.78, 5) is 49.1. The summed E-state index contributed by atoms with van der Waals surface area (Å²) in [6.07, 6.45) is -1.63. The molecule has 1 heterocycles. The van der Waals surface area contributed by atoms with Gasteiger partial charge in [0, 0.05) is 12.1 Å². The molecule has 36 heavy (non-hydrogen) atoms. The molecule has 2 atom stereocenters. The fourth-order valence-electron chi connectivity index (χ4n) is 3.67. The van der Waals surface area contributed by atoms with Crippen molar-refractivity contribution in [2.45, 2.75) is 58.8 Å². The molecule has 1 aliphatic heterocycles. The highest BCUT2D eigenvalue weighted by molar-refractivity contribution is 6.04. The van der Waals surface area contributed by atoms with Gasteiger partial charge in [-0.2, -0.15) is 0 Å². The van der Waals surface area contributed by atoms with Crippen LogP contribution in [0.5, 0.6) is 5.75 Å². The molecule has 2 aromatic rings. The lowest BCUT2D eigenvalue weighted by Gasteiger charge is -2.27. The van der Waals surface area contributed by atoms with Gasteiger partial charge >= 0.3 is 17.7 Å². The smallest absolute Gasteiger partial charge is 0.408 e. The Labute approximate surface area is 209 Å². The molecule has 3 rings (SSSR count). The number of fused-ring (bicyclic) bond motifs is 1. The van der Waals surface area contributed by atoms with Crippen molar-refractivity contribution in [2.75, 3.05) is 6.61 Å². The number of Topliss-reactive ketones (excluding diaryl/α,β-unsaturated/α-hetero) is 1. The lowest BCUT2D eigenvalue weighted by Crippen LogP contribution is -2.47. The third-order valence-electron chi connectivity index (χ3n) is 5.29. The van der Waals surface area contributed by atoms with Crippen LogP contribution in [0.4, 0.5) is 10.5 Å². The number of benzene rings is 2. The Morgan fingerprint density at radius 3 is 2.36 bits per heavy atom. The largest absolute Gasteiger partial charge is 0.488 e. The minimum atomic E-state index is -1.18. The molecule has 2 aromatic carbocycles. The van der Waals surface area contributed by atoms with Gasteiger partial charge in [-0.05, 0) is 68.5 Å². The highest BCUT2D eigenvalue weighted by Crippen LogP contribution is 2.32. The molecule has 0 radical (unpaired) electrons. The molecule has 0 aliphatic carbocycles. The SMILES string of the molecule is CC(C)CC(NC(=O)OC(C)(C)C)C(=O)OC1COc2ccc(-c3ccc([N+](=O)O)cc3)cc2C1=O.